The number of likely N-dealkylation sites (N-methyl/N-ethyl adjacent to an activating group) is 1. The fraction of sp³-hybridized carbons (Fsp3) is 0.350. The van der Waals surface area contributed by atoms with Gasteiger partial charge in [-0.1, -0.05) is 23.2 Å². The molecule has 0 bridgehead atoms. The van der Waals surface area contributed by atoms with Gasteiger partial charge in [-0.2, -0.15) is 4.31 Å². The first-order valence-electron chi connectivity index (χ1n) is 9.27. The molecule has 1 amide bonds. The lowest BCUT2D eigenvalue weighted by Gasteiger charge is -2.21. The number of hydrogen-bond acceptors (Lipinski definition) is 5. The molecule has 0 aliphatic carbocycles. The summed E-state index contributed by atoms with van der Waals surface area (Å²) in [7, 11) is 3.49. The molecule has 30 heavy (non-hydrogen) atoms. The second-order valence-corrected chi connectivity index (χ2v) is 9.14. The number of anilines is 3. The summed E-state index contributed by atoms with van der Waals surface area (Å²) in [6, 6.07) is 7.77. The number of rotatable bonds is 7. The van der Waals surface area contributed by atoms with Gasteiger partial charge < -0.3 is 19.5 Å². The normalized spacial score (nSPS) is 16.1. The van der Waals surface area contributed by atoms with Crippen molar-refractivity contribution < 1.29 is 18.5 Å². The van der Waals surface area contributed by atoms with Crippen molar-refractivity contribution in [1.29, 1.82) is 0 Å². The van der Waals surface area contributed by atoms with Crippen LogP contribution in [0.25, 0.3) is 0 Å². The summed E-state index contributed by atoms with van der Waals surface area (Å²) in [6.07, 6.45) is 0.736. The van der Waals surface area contributed by atoms with Crippen molar-refractivity contribution in [2.75, 3.05) is 54.1 Å². The Labute approximate surface area is 188 Å². The molecule has 1 aliphatic heterocycles. The van der Waals surface area contributed by atoms with E-state index in [0.717, 1.165) is 12.1 Å². The Morgan fingerprint density at radius 3 is 2.77 bits per heavy atom. The third-order valence-electron chi connectivity index (χ3n) is 4.68. The molecule has 1 aliphatic rings. The molecule has 6 nitrogen and oxygen atoms in total. The highest BCUT2D eigenvalue weighted by Gasteiger charge is 2.29. The zero-order chi connectivity index (χ0) is 21.8. The van der Waals surface area contributed by atoms with E-state index in [0.29, 0.717) is 41.8 Å². The lowest BCUT2D eigenvalue weighted by Crippen LogP contribution is -2.26. The van der Waals surface area contributed by atoms with E-state index in [2.05, 4.69) is 5.32 Å². The zero-order valence-electron chi connectivity index (χ0n) is 16.6. The Hall–Kier alpha value is -1.71. The van der Waals surface area contributed by atoms with Crippen LogP contribution in [0.4, 0.5) is 21.5 Å². The molecule has 0 radical (unpaired) electrons. The maximum atomic E-state index is 14.4. The van der Waals surface area contributed by atoms with E-state index in [9.17, 15) is 13.7 Å². The van der Waals surface area contributed by atoms with Gasteiger partial charge in [-0.05, 0) is 24.3 Å². The Bertz CT molecular complexity index is 934. The molecule has 0 spiro atoms. The van der Waals surface area contributed by atoms with E-state index >= 15 is 0 Å². The number of carbonyl (C=O) groups is 1. The lowest BCUT2D eigenvalue weighted by atomic mass is 10.1. The van der Waals surface area contributed by atoms with Crippen molar-refractivity contribution in [3.63, 3.8) is 0 Å². The molecule has 0 aromatic heterocycles. The van der Waals surface area contributed by atoms with Crippen LogP contribution in [0.15, 0.2) is 30.3 Å². The van der Waals surface area contributed by atoms with Crippen LogP contribution in [0, 0.1) is 5.82 Å². The second kappa shape index (κ2) is 10.1. The predicted octanol–water partition coefficient (Wildman–Crippen LogP) is 4.34. The van der Waals surface area contributed by atoms with Gasteiger partial charge in [0.1, 0.15) is 11.6 Å². The van der Waals surface area contributed by atoms with Gasteiger partial charge in [0.05, 0.1) is 40.8 Å². The molecule has 1 fully saturated rings. The average Bonchev–Trinajstić information content (AvgIpc) is 3.13. The quantitative estimate of drug-likeness (QED) is 0.605. The highest BCUT2D eigenvalue weighted by Crippen LogP contribution is 2.32. The van der Waals surface area contributed by atoms with Gasteiger partial charge in [0, 0.05) is 49.6 Å². The predicted molar refractivity (Wildman–Crippen MR) is 121 cm³/mol. The van der Waals surface area contributed by atoms with E-state index in [1.54, 1.807) is 29.6 Å². The molecule has 10 heteroatoms. The lowest BCUT2D eigenvalue weighted by molar-refractivity contribution is 0.102. The first-order chi connectivity index (χ1) is 14.3. The van der Waals surface area contributed by atoms with E-state index in [1.165, 1.54) is 12.1 Å². The third kappa shape index (κ3) is 5.31. The van der Waals surface area contributed by atoms with Crippen LogP contribution in [-0.4, -0.2) is 50.1 Å². The summed E-state index contributed by atoms with van der Waals surface area (Å²) < 4.78 is 33.2. The monoisotopic (exact) mass is 473 g/mol. The Morgan fingerprint density at radius 1 is 1.33 bits per heavy atom. The molecule has 2 aromatic carbocycles. The first kappa shape index (κ1) is 23.0. The summed E-state index contributed by atoms with van der Waals surface area (Å²) in [5.41, 5.74) is 1.56. The van der Waals surface area contributed by atoms with Gasteiger partial charge in [-0.15, -0.1) is 0 Å². The number of nitrogens with one attached hydrogen (secondary N) is 1. The topological polar surface area (TPSA) is 67.9 Å². The molecular weight excluding hydrogens is 452 g/mol. The Morgan fingerprint density at radius 2 is 2.10 bits per heavy atom. The number of nitrogens with zero attached hydrogens (tertiary/aromatic N) is 2. The van der Waals surface area contributed by atoms with Gasteiger partial charge in [0.15, 0.2) is 0 Å². The van der Waals surface area contributed by atoms with Crippen LogP contribution in [-0.2, 0) is 16.1 Å². The molecule has 1 N–H and O–H groups in total. The maximum Gasteiger partial charge on any atom is 0.257 e. The Balaban J connectivity index is 1.85. The summed E-state index contributed by atoms with van der Waals surface area (Å²) >= 11 is 11.0. The van der Waals surface area contributed by atoms with Crippen molar-refractivity contribution in [2.24, 2.45) is 0 Å². The minimum Gasteiger partial charge on any atom is -0.593 e. The zero-order valence-corrected chi connectivity index (χ0v) is 18.9. The van der Waals surface area contributed by atoms with Gasteiger partial charge in [0.2, 0.25) is 0 Å². The molecule has 2 aromatic rings. The van der Waals surface area contributed by atoms with Crippen LogP contribution < -0.4 is 14.5 Å². The van der Waals surface area contributed by atoms with E-state index < -0.39 is 23.1 Å². The number of ether oxygens (including phenoxy) is 1. The van der Waals surface area contributed by atoms with E-state index in [1.807, 2.05) is 11.9 Å². The molecule has 1 saturated heterocycles. The van der Waals surface area contributed by atoms with Crippen molar-refractivity contribution in [3.05, 3.63) is 51.8 Å². The first-order valence-corrected chi connectivity index (χ1v) is 11.3. The van der Waals surface area contributed by atoms with Crippen molar-refractivity contribution >= 4 is 57.5 Å². The number of halogens is 3. The minimum atomic E-state index is -1.24. The van der Waals surface area contributed by atoms with Crippen LogP contribution >= 0.6 is 23.2 Å². The Kier molecular flexibility index (Phi) is 7.70. The number of benzene rings is 2. The third-order valence-corrected chi connectivity index (χ3v) is 6.81. The molecular formula is C20H22Cl2FN3O3S. The number of carbonyl (C=O) groups excluding carboxylic acids is 1. The number of amides is 1. The highest BCUT2D eigenvalue weighted by atomic mass is 35.5. The molecule has 1 heterocycles. The fourth-order valence-electron chi connectivity index (χ4n) is 3.10. The molecule has 1 unspecified atom stereocenters. The standard InChI is InChI=1S/C20H22Cl2FN3O3S/c1-25(5-6-29-2)15-9-13(21)8-14(10-15)24-20(27)17-11-16(12-18(23)19(17)22)26-4-3-7-30(26)28/h8-12H,3-7H2,1-2H3,(H,24,27). The number of hydrogen-bond donors (Lipinski definition) is 1. The van der Waals surface area contributed by atoms with Gasteiger partial charge in [-0.25, -0.2) is 4.39 Å². The SMILES string of the molecule is COCCN(C)c1cc(Cl)cc(NC(=O)c2cc(N3CCC[S+]3[O-])cc(F)c2Cl)c1. The summed E-state index contributed by atoms with van der Waals surface area (Å²) in [5, 5.41) is 2.87. The molecule has 0 saturated carbocycles. The second-order valence-electron chi connectivity index (χ2n) is 6.84. The van der Waals surface area contributed by atoms with Crippen molar-refractivity contribution in [1.82, 2.24) is 0 Å². The molecule has 3 rings (SSSR count). The van der Waals surface area contributed by atoms with Crippen LogP contribution in [0.5, 0.6) is 0 Å². The highest BCUT2D eigenvalue weighted by molar-refractivity contribution is 7.93. The number of methoxy groups -OCH3 is 1. The van der Waals surface area contributed by atoms with E-state index in [4.69, 9.17) is 27.9 Å². The van der Waals surface area contributed by atoms with Gasteiger partial charge in [0.25, 0.3) is 5.91 Å². The van der Waals surface area contributed by atoms with Gasteiger partial charge in [-0.3, -0.25) is 4.79 Å². The van der Waals surface area contributed by atoms with Crippen molar-refractivity contribution in [2.45, 2.75) is 6.42 Å². The average molecular weight is 474 g/mol. The summed E-state index contributed by atoms with van der Waals surface area (Å²) in [4.78, 5) is 14.8. The minimum absolute atomic E-state index is 0.0372. The molecule has 162 valence electrons. The smallest absolute Gasteiger partial charge is 0.257 e. The van der Waals surface area contributed by atoms with Gasteiger partial charge >= 0.3 is 0 Å². The summed E-state index contributed by atoms with van der Waals surface area (Å²) in [5.74, 6) is -0.819. The fourth-order valence-corrected chi connectivity index (χ4v) is 4.79. The van der Waals surface area contributed by atoms with Crippen LogP contribution in [0.2, 0.25) is 10.0 Å². The van der Waals surface area contributed by atoms with Crippen LogP contribution in [0.1, 0.15) is 16.8 Å². The largest absolute Gasteiger partial charge is 0.593 e. The van der Waals surface area contributed by atoms with E-state index in [-0.39, 0.29) is 10.6 Å². The van der Waals surface area contributed by atoms with Crippen LogP contribution in [0.3, 0.4) is 0 Å². The van der Waals surface area contributed by atoms with Crippen molar-refractivity contribution in [3.8, 4) is 0 Å². The molecule has 1 atom stereocenters. The maximum absolute atomic E-state index is 14.4. The summed E-state index contributed by atoms with van der Waals surface area (Å²) in [6.45, 7) is 1.70.